The van der Waals surface area contributed by atoms with Gasteiger partial charge in [0, 0.05) is 16.6 Å². The molecule has 106 valence electrons. The average molecular weight is 347 g/mol. The van der Waals surface area contributed by atoms with Crippen molar-refractivity contribution in [2.45, 2.75) is 13.8 Å². The molecule has 2 aliphatic heterocycles. The van der Waals surface area contributed by atoms with E-state index >= 15 is 0 Å². The zero-order valence-electron chi connectivity index (χ0n) is 10.5. The van der Waals surface area contributed by atoms with Gasteiger partial charge < -0.3 is 0 Å². The summed E-state index contributed by atoms with van der Waals surface area (Å²) in [6, 6.07) is 0. The summed E-state index contributed by atoms with van der Waals surface area (Å²) in [5, 5.41) is 2.30. The van der Waals surface area contributed by atoms with Crippen LogP contribution in [0.15, 0.2) is 4.76 Å². The molecule has 0 aromatic rings. The lowest BCUT2D eigenvalue weighted by Gasteiger charge is -2.17. The minimum absolute atomic E-state index is 0.351. The van der Waals surface area contributed by atoms with Gasteiger partial charge in [-0.15, -0.1) is 0 Å². The van der Waals surface area contributed by atoms with E-state index in [1.54, 1.807) is 37.4 Å². The maximum atomic E-state index is 11.8. The molecule has 0 aliphatic carbocycles. The molecule has 0 bridgehead atoms. The molecule has 0 amide bonds. The van der Waals surface area contributed by atoms with E-state index in [2.05, 4.69) is 4.76 Å². The highest BCUT2D eigenvalue weighted by Crippen LogP contribution is 2.53. The second kappa shape index (κ2) is 10.0. The maximum absolute atomic E-state index is 11.8. The van der Waals surface area contributed by atoms with Gasteiger partial charge in [0.05, 0.1) is 18.3 Å². The van der Waals surface area contributed by atoms with E-state index < -0.39 is 7.75 Å². The van der Waals surface area contributed by atoms with Crippen LogP contribution in [-0.2, 0) is 13.6 Å². The Morgan fingerprint density at radius 1 is 1.11 bits per heavy atom. The van der Waals surface area contributed by atoms with Crippen molar-refractivity contribution in [3.63, 3.8) is 0 Å². The second-order valence-electron chi connectivity index (χ2n) is 3.01. The van der Waals surface area contributed by atoms with Crippen LogP contribution in [-0.4, -0.2) is 39.3 Å². The third-order valence-corrected chi connectivity index (χ3v) is 8.48. The van der Waals surface area contributed by atoms with E-state index in [9.17, 15) is 4.57 Å². The fraction of sp³-hybridized carbons (Fsp3) is 0.889. The van der Waals surface area contributed by atoms with E-state index in [0.717, 1.165) is 9.46 Å². The standard InChI is InChI=1S/C6H12NO3PS2.C3H6S2/c1-3-9-11(8,10-4-2)7-6-12-5-13-6;1-2-5-3-4-1/h3-5H2,1-2H3;1-3H2. The van der Waals surface area contributed by atoms with Crippen LogP contribution in [0, 0.1) is 0 Å². The summed E-state index contributed by atoms with van der Waals surface area (Å²) in [6.45, 7) is 4.24. The van der Waals surface area contributed by atoms with Crippen LogP contribution < -0.4 is 0 Å². The summed E-state index contributed by atoms with van der Waals surface area (Å²) in [6.07, 6.45) is 0. The molecule has 0 spiro atoms. The maximum Gasteiger partial charge on any atom is 0.455 e. The predicted molar refractivity (Wildman–Crippen MR) is 88.1 cm³/mol. The Bertz CT molecular complexity index is 289. The van der Waals surface area contributed by atoms with Gasteiger partial charge in [-0.1, -0.05) is 23.5 Å². The van der Waals surface area contributed by atoms with Crippen molar-refractivity contribution < 1.29 is 13.6 Å². The monoisotopic (exact) mass is 347 g/mol. The van der Waals surface area contributed by atoms with Gasteiger partial charge in [-0.2, -0.15) is 28.3 Å². The topological polar surface area (TPSA) is 47.9 Å². The summed E-state index contributed by atoms with van der Waals surface area (Å²) >= 11 is 7.20. The number of nitrogens with zero attached hydrogens (tertiary/aromatic N) is 1. The first-order valence-electron chi connectivity index (χ1n) is 5.60. The van der Waals surface area contributed by atoms with E-state index in [-0.39, 0.29) is 0 Å². The smallest absolute Gasteiger partial charge is 0.291 e. The Morgan fingerprint density at radius 2 is 1.67 bits per heavy atom. The van der Waals surface area contributed by atoms with Gasteiger partial charge in [-0.05, 0) is 13.8 Å². The second-order valence-corrected chi connectivity index (χ2v) is 9.79. The van der Waals surface area contributed by atoms with Crippen molar-refractivity contribution in [1.82, 2.24) is 0 Å². The average Bonchev–Trinajstić information content (AvgIpc) is 2.83. The summed E-state index contributed by atoms with van der Waals surface area (Å²) in [4.78, 5) is 0. The van der Waals surface area contributed by atoms with E-state index in [0.29, 0.717) is 13.2 Å². The third kappa shape index (κ3) is 7.12. The summed E-state index contributed by atoms with van der Waals surface area (Å²) in [5.74, 6) is 2.76. The molecule has 4 nitrogen and oxygen atoms in total. The number of thioether (sulfide) groups is 4. The molecule has 0 atom stereocenters. The molecular weight excluding hydrogens is 329 g/mol. The number of hydrogen-bond acceptors (Lipinski definition) is 7. The molecule has 0 aromatic carbocycles. The summed E-state index contributed by atoms with van der Waals surface area (Å²) in [7, 11) is -3.19. The molecule has 2 aliphatic rings. The fourth-order valence-electron chi connectivity index (χ4n) is 0.985. The zero-order chi connectivity index (χ0) is 13.3. The van der Waals surface area contributed by atoms with Gasteiger partial charge in [0.2, 0.25) is 0 Å². The molecule has 2 heterocycles. The van der Waals surface area contributed by atoms with Crippen molar-refractivity contribution in [3.8, 4) is 0 Å². The summed E-state index contributed by atoms with van der Waals surface area (Å²) < 4.78 is 26.5. The summed E-state index contributed by atoms with van der Waals surface area (Å²) in [5.41, 5.74) is 0. The highest BCUT2D eigenvalue weighted by molar-refractivity contribution is 8.52. The van der Waals surface area contributed by atoms with Crippen molar-refractivity contribution in [2.24, 2.45) is 4.76 Å². The lowest BCUT2D eigenvalue weighted by atomic mass is 10.9. The Hall–Kier alpha value is 1.22. The quantitative estimate of drug-likeness (QED) is 0.684. The normalized spacial score (nSPS) is 18.9. The van der Waals surface area contributed by atoms with E-state index in [1.807, 2.05) is 23.5 Å². The van der Waals surface area contributed by atoms with Crippen molar-refractivity contribution in [2.75, 3.05) is 34.9 Å². The first kappa shape index (κ1) is 17.3. The SMILES string of the molecule is C1CSCS1.CCOP(=O)(N=C1SCS1)OCC. The first-order chi connectivity index (χ1) is 8.70. The third-order valence-electron chi connectivity index (χ3n) is 1.69. The minimum Gasteiger partial charge on any atom is -0.291 e. The molecule has 18 heavy (non-hydrogen) atoms. The molecule has 9 heteroatoms. The van der Waals surface area contributed by atoms with Gasteiger partial charge in [-0.3, -0.25) is 9.05 Å². The van der Waals surface area contributed by atoms with Gasteiger partial charge in [-0.25, -0.2) is 4.57 Å². The Balaban J connectivity index is 0.000000269. The van der Waals surface area contributed by atoms with Crippen LogP contribution in [0.25, 0.3) is 0 Å². The lowest BCUT2D eigenvalue weighted by Crippen LogP contribution is -2.01. The van der Waals surface area contributed by atoms with Crippen molar-refractivity contribution >= 4 is 59.2 Å². The number of hydrogen-bond donors (Lipinski definition) is 0. The molecule has 0 unspecified atom stereocenters. The Labute approximate surface area is 126 Å². The predicted octanol–water partition coefficient (Wildman–Crippen LogP) is 4.38. The van der Waals surface area contributed by atoms with Gasteiger partial charge >= 0.3 is 7.75 Å². The largest absolute Gasteiger partial charge is 0.455 e. The van der Waals surface area contributed by atoms with Crippen LogP contribution in [0.5, 0.6) is 0 Å². The molecule has 0 saturated carbocycles. The van der Waals surface area contributed by atoms with Gasteiger partial charge in [0.1, 0.15) is 4.38 Å². The van der Waals surface area contributed by atoms with Crippen LogP contribution in [0.4, 0.5) is 0 Å². The van der Waals surface area contributed by atoms with Crippen molar-refractivity contribution in [3.05, 3.63) is 0 Å². The van der Waals surface area contributed by atoms with E-state index in [4.69, 9.17) is 9.05 Å². The Kier molecular flexibility index (Phi) is 9.62. The highest BCUT2D eigenvalue weighted by Gasteiger charge is 2.26. The number of rotatable bonds is 5. The molecular formula is C9H18NO3PS4. The van der Waals surface area contributed by atoms with Crippen LogP contribution >= 0.6 is 54.8 Å². The molecule has 2 saturated heterocycles. The van der Waals surface area contributed by atoms with Gasteiger partial charge in [0.15, 0.2) is 0 Å². The van der Waals surface area contributed by atoms with E-state index in [1.165, 1.54) is 16.6 Å². The lowest BCUT2D eigenvalue weighted by molar-refractivity contribution is 0.221. The molecule has 0 N–H and O–H groups in total. The first-order valence-corrected chi connectivity index (χ1v) is 11.4. The zero-order valence-corrected chi connectivity index (χ0v) is 14.7. The van der Waals surface area contributed by atoms with Crippen molar-refractivity contribution in [1.29, 1.82) is 0 Å². The molecule has 0 aromatic heterocycles. The molecule has 2 rings (SSSR count). The molecule has 0 radical (unpaired) electrons. The molecule has 2 fully saturated rings. The fourth-order valence-corrected chi connectivity index (χ4v) is 6.34. The van der Waals surface area contributed by atoms with Crippen LogP contribution in [0.1, 0.15) is 13.8 Å². The Morgan fingerprint density at radius 3 is 1.94 bits per heavy atom. The highest BCUT2D eigenvalue weighted by atomic mass is 32.3. The van der Waals surface area contributed by atoms with Gasteiger partial charge in [0.25, 0.3) is 0 Å². The minimum atomic E-state index is -3.19. The van der Waals surface area contributed by atoms with Crippen LogP contribution in [0.2, 0.25) is 0 Å². The van der Waals surface area contributed by atoms with Crippen LogP contribution in [0.3, 0.4) is 0 Å².